The summed E-state index contributed by atoms with van der Waals surface area (Å²) in [6.45, 7) is 1.57. The maximum absolute atomic E-state index is 11.7. The van der Waals surface area contributed by atoms with Crippen molar-refractivity contribution in [2.75, 3.05) is 27.2 Å². The van der Waals surface area contributed by atoms with E-state index in [1.807, 2.05) is 37.2 Å². The van der Waals surface area contributed by atoms with Gasteiger partial charge in [-0.2, -0.15) is 0 Å². The van der Waals surface area contributed by atoms with Crippen molar-refractivity contribution in [1.29, 1.82) is 0 Å². The third-order valence-corrected chi connectivity index (χ3v) is 2.35. The van der Waals surface area contributed by atoms with Crippen molar-refractivity contribution >= 4 is 35.6 Å². The van der Waals surface area contributed by atoms with Crippen LogP contribution in [0.3, 0.4) is 0 Å². The van der Waals surface area contributed by atoms with Crippen LogP contribution in [0.2, 0.25) is 0 Å². The minimum atomic E-state index is -0.187. The molecule has 0 spiro atoms. The number of thiocarbonyl (C=S) groups is 1. The Hall–Kier alpha value is -1.17. The van der Waals surface area contributed by atoms with E-state index in [0.29, 0.717) is 17.2 Å². The van der Waals surface area contributed by atoms with Crippen LogP contribution in [-0.2, 0) is 0 Å². The van der Waals surface area contributed by atoms with E-state index < -0.39 is 0 Å². The lowest BCUT2D eigenvalue weighted by Gasteiger charge is -2.12. The van der Waals surface area contributed by atoms with Crippen LogP contribution in [0.15, 0.2) is 30.3 Å². The Bertz CT molecular complexity index is 384. The van der Waals surface area contributed by atoms with E-state index in [4.69, 9.17) is 12.2 Å². The monoisotopic (exact) mass is 287 g/mol. The second-order valence-electron chi connectivity index (χ2n) is 3.88. The predicted molar refractivity (Wildman–Crippen MR) is 80.3 cm³/mol. The number of carbonyl (C=O) groups excluding carboxylic acids is 1. The first-order chi connectivity index (χ1) is 8.09. The quantitative estimate of drug-likeness (QED) is 0.819. The van der Waals surface area contributed by atoms with Gasteiger partial charge in [-0.25, -0.2) is 0 Å². The molecule has 1 amide bonds. The largest absolute Gasteiger partial charge is 0.361 e. The Kier molecular flexibility index (Phi) is 8.28. The highest BCUT2D eigenvalue weighted by Crippen LogP contribution is 1.97. The van der Waals surface area contributed by atoms with Crippen LogP contribution in [0.25, 0.3) is 0 Å². The molecule has 6 heteroatoms. The molecule has 0 bridgehead atoms. The number of nitrogens with one attached hydrogen (secondary N) is 2. The molecule has 1 aromatic rings. The molecule has 0 unspecified atom stereocenters. The molecule has 0 aliphatic rings. The number of hydrogen-bond donors (Lipinski definition) is 2. The molecule has 0 saturated heterocycles. The standard InChI is InChI=1S/C12H17N3OS.ClH/c1-15(2)9-8-13-12(17)14-11(16)10-6-4-3-5-7-10;/h3-7H,8-9H2,1-2H3,(H2,13,14,16,17);1H. The van der Waals surface area contributed by atoms with Gasteiger partial charge in [0, 0.05) is 18.7 Å². The topological polar surface area (TPSA) is 44.4 Å². The van der Waals surface area contributed by atoms with Crippen molar-refractivity contribution in [3.05, 3.63) is 35.9 Å². The first-order valence-electron chi connectivity index (χ1n) is 5.38. The highest BCUT2D eigenvalue weighted by molar-refractivity contribution is 7.80. The van der Waals surface area contributed by atoms with Gasteiger partial charge in [-0.3, -0.25) is 10.1 Å². The smallest absolute Gasteiger partial charge is 0.257 e. The Balaban J connectivity index is 0.00000289. The van der Waals surface area contributed by atoms with Crippen molar-refractivity contribution < 1.29 is 4.79 Å². The number of rotatable bonds is 4. The van der Waals surface area contributed by atoms with Crippen LogP contribution in [-0.4, -0.2) is 43.1 Å². The minimum Gasteiger partial charge on any atom is -0.361 e. The Morgan fingerprint density at radius 1 is 1.28 bits per heavy atom. The molecule has 0 aliphatic carbocycles. The number of carbonyl (C=O) groups is 1. The van der Waals surface area contributed by atoms with Crippen molar-refractivity contribution in [1.82, 2.24) is 15.5 Å². The van der Waals surface area contributed by atoms with Gasteiger partial charge in [-0.1, -0.05) is 18.2 Å². The third kappa shape index (κ3) is 6.54. The van der Waals surface area contributed by atoms with Crippen molar-refractivity contribution in [2.45, 2.75) is 0 Å². The van der Waals surface area contributed by atoms with Gasteiger partial charge in [0.15, 0.2) is 5.11 Å². The van der Waals surface area contributed by atoms with Crippen LogP contribution in [0, 0.1) is 0 Å². The fourth-order valence-corrected chi connectivity index (χ4v) is 1.40. The van der Waals surface area contributed by atoms with E-state index in [2.05, 4.69) is 10.6 Å². The van der Waals surface area contributed by atoms with Gasteiger partial charge in [0.1, 0.15) is 0 Å². The van der Waals surface area contributed by atoms with Gasteiger partial charge < -0.3 is 10.2 Å². The first kappa shape index (κ1) is 16.8. The zero-order valence-corrected chi connectivity index (χ0v) is 12.1. The predicted octanol–water partition coefficient (Wildman–Crippen LogP) is 1.27. The summed E-state index contributed by atoms with van der Waals surface area (Å²) in [7, 11) is 3.96. The lowest BCUT2D eigenvalue weighted by Crippen LogP contribution is -2.41. The Morgan fingerprint density at radius 2 is 1.89 bits per heavy atom. The Labute approximate surface area is 119 Å². The molecule has 1 aromatic carbocycles. The number of hydrogen-bond acceptors (Lipinski definition) is 3. The molecule has 0 atom stereocenters. The average molecular weight is 288 g/mol. The molecule has 0 fully saturated rings. The molecule has 2 N–H and O–H groups in total. The van der Waals surface area contributed by atoms with Crippen LogP contribution in [0.5, 0.6) is 0 Å². The zero-order valence-electron chi connectivity index (χ0n) is 10.5. The van der Waals surface area contributed by atoms with E-state index in [-0.39, 0.29) is 18.3 Å². The molecule has 100 valence electrons. The molecular weight excluding hydrogens is 270 g/mol. The van der Waals surface area contributed by atoms with E-state index in [9.17, 15) is 4.79 Å². The van der Waals surface area contributed by atoms with E-state index >= 15 is 0 Å². The summed E-state index contributed by atoms with van der Waals surface area (Å²) in [4.78, 5) is 13.7. The highest BCUT2D eigenvalue weighted by atomic mass is 35.5. The van der Waals surface area contributed by atoms with Crippen molar-refractivity contribution in [3.63, 3.8) is 0 Å². The zero-order chi connectivity index (χ0) is 12.7. The van der Waals surface area contributed by atoms with Crippen LogP contribution in [0.4, 0.5) is 0 Å². The van der Waals surface area contributed by atoms with Gasteiger partial charge >= 0.3 is 0 Å². The first-order valence-corrected chi connectivity index (χ1v) is 5.79. The fourth-order valence-electron chi connectivity index (χ4n) is 1.20. The van der Waals surface area contributed by atoms with E-state index in [1.165, 1.54) is 0 Å². The SMILES string of the molecule is CN(C)CCNC(=S)NC(=O)c1ccccc1.Cl. The molecule has 4 nitrogen and oxygen atoms in total. The third-order valence-electron chi connectivity index (χ3n) is 2.11. The second kappa shape index (κ2) is 8.85. The maximum atomic E-state index is 11.7. The lowest BCUT2D eigenvalue weighted by atomic mass is 10.2. The fraction of sp³-hybridized carbons (Fsp3) is 0.333. The lowest BCUT2D eigenvalue weighted by molar-refractivity contribution is 0.0976. The number of halogens is 1. The number of likely N-dealkylation sites (N-methyl/N-ethyl adjacent to an activating group) is 1. The summed E-state index contributed by atoms with van der Waals surface area (Å²) >= 11 is 5.02. The van der Waals surface area contributed by atoms with E-state index in [1.54, 1.807) is 12.1 Å². The van der Waals surface area contributed by atoms with Gasteiger partial charge in [-0.15, -0.1) is 12.4 Å². The maximum Gasteiger partial charge on any atom is 0.257 e. The molecule has 0 saturated carbocycles. The summed E-state index contributed by atoms with van der Waals surface area (Å²) in [5, 5.41) is 5.97. The second-order valence-corrected chi connectivity index (χ2v) is 4.29. The summed E-state index contributed by atoms with van der Waals surface area (Å²) in [6, 6.07) is 8.99. The molecular formula is C12H18ClN3OS. The Morgan fingerprint density at radius 3 is 2.44 bits per heavy atom. The van der Waals surface area contributed by atoms with E-state index in [0.717, 1.165) is 6.54 Å². The van der Waals surface area contributed by atoms with Crippen LogP contribution in [0.1, 0.15) is 10.4 Å². The molecule has 1 rings (SSSR count). The minimum absolute atomic E-state index is 0. The van der Waals surface area contributed by atoms with Crippen LogP contribution < -0.4 is 10.6 Å². The van der Waals surface area contributed by atoms with Gasteiger partial charge in [0.2, 0.25) is 0 Å². The highest BCUT2D eigenvalue weighted by Gasteiger charge is 2.06. The summed E-state index contributed by atoms with van der Waals surface area (Å²) in [5.74, 6) is -0.187. The number of nitrogens with zero attached hydrogens (tertiary/aromatic N) is 1. The molecule has 0 radical (unpaired) electrons. The summed E-state index contributed by atoms with van der Waals surface area (Å²) in [5.41, 5.74) is 0.601. The van der Waals surface area contributed by atoms with Crippen LogP contribution >= 0.6 is 24.6 Å². The van der Waals surface area contributed by atoms with Gasteiger partial charge in [0.05, 0.1) is 0 Å². The van der Waals surface area contributed by atoms with Gasteiger partial charge in [0.25, 0.3) is 5.91 Å². The molecule has 18 heavy (non-hydrogen) atoms. The van der Waals surface area contributed by atoms with Crippen molar-refractivity contribution in [3.8, 4) is 0 Å². The molecule has 0 aliphatic heterocycles. The molecule has 0 aromatic heterocycles. The number of amides is 1. The van der Waals surface area contributed by atoms with Gasteiger partial charge in [-0.05, 0) is 38.4 Å². The number of benzene rings is 1. The summed E-state index contributed by atoms with van der Waals surface area (Å²) < 4.78 is 0. The average Bonchev–Trinajstić information content (AvgIpc) is 2.29. The normalized spacial score (nSPS) is 9.50. The van der Waals surface area contributed by atoms with Crippen molar-refractivity contribution in [2.24, 2.45) is 0 Å². The molecule has 0 heterocycles. The summed E-state index contributed by atoms with van der Waals surface area (Å²) in [6.07, 6.45) is 0.